The first-order chi connectivity index (χ1) is 11.4. The second-order valence-electron chi connectivity index (χ2n) is 7.04. The number of nitrogens with zero attached hydrogens (tertiary/aromatic N) is 2. The number of carbonyl (C=O) groups is 1. The lowest BCUT2D eigenvalue weighted by Crippen LogP contribution is -2.42. The van der Waals surface area contributed by atoms with E-state index in [4.69, 9.17) is 0 Å². The molecule has 3 rings (SSSR count). The molecule has 2 atom stereocenters. The first-order valence-electron chi connectivity index (χ1n) is 8.78. The molecule has 24 heavy (non-hydrogen) atoms. The Balaban J connectivity index is 1.82. The van der Waals surface area contributed by atoms with E-state index in [0.29, 0.717) is 30.1 Å². The Morgan fingerprint density at radius 3 is 2.62 bits per heavy atom. The van der Waals surface area contributed by atoms with Gasteiger partial charge in [0.2, 0.25) is 10.0 Å². The molecule has 5 nitrogen and oxygen atoms in total. The van der Waals surface area contributed by atoms with Crippen molar-refractivity contribution in [3.8, 4) is 0 Å². The lowest BCUT2D eigenvalue weighted by Gasteiger charge is -2.36. The van der Waals surface area contributed by atoms with E-state index in [9.17, 15) is 13.2 Å². The van der Waals surface area contributed by atoms with E-state index in [-0.39, 0.29) is 17.7 Å². The zero-order chi connectivity index (χ0) is 17.3. The highest BCUT2D eigenvalue weighted by Crippen LogP contribution is 2.29. The van der Waals surface area contributed by atoms with Gasteiger partial charge in [-0.2, -0.15) is 0 Å². The van der Waals surface area contributed by atoms with Crippen LogP contribution in [0.1, 0.15) is 49.4 Å². The fourth-order valence-corrected chi connectivity index (χ4v) is 5.51. The molecule has 1 aliphatic heterocycles. The molecule has 0 spiro atoms. The molecule has 1 amide bonds. The predicted octanol–water partition coefficient (Wildman–Crippen LogP) is 2.88. The number of rotatable bonds is 3. The molecule has 0 bridgehead atoms. The van der Waals surface area contributed by atoms with Gasteiger partial charge in [0.25, 0.3) is 5.91 Å². The third-order valence-corrected chi connectivity index (χ3v) is 7.23. The van der Waals surface area contributed by atoms with Crippen LogP contribution >= 0.6 is 0 Å². The third-order valence-electron chi connectivity index (χ3n) is 5.36. The number of sulfonamides is 1. The summed E-state index contributed by atoms with van der Waals surface area (Å²) in [5, 5.41) is 0. The van der Waals surface area contributed by atoms with Crippen LogP contribution in [0, 0.1) is 5.92 Å². The molecule has 1 saturated carbocycles. The normalized spacial score (nSPS) is 26.3. The second-order valence-corrected chi connectivity index (χ2v) is 9.05. The van der Waals surface area contributed by atoms with Crippen LogP contribution in [0.2, 0.25) is 0 Å². The standard InChI is InChI=1S/C18H26N2O3S/c1-14-7-3-4-10-17(14)19(2)18(21)15-8-5-9-16(13-15)20-11-6-12-24(20,22)23/h5,8-9,13-14,17H,3-4,6-7,10-12H2,1-2H3. The first kappa shape index (κ1) is 17.3. The summed E-state index contributed by atoms with van der Waals surface area (Å²) < 4.78 is 25.6. The average molecular weight is 350 g/mol. The molecule has 2 aliphatic rings. The summed E-state index contributed by atoms with van der Waals surface area (Å²) in [4.78, 5) is 14.7. The molecule has 1 heterocycles. The summed E-state index contributed by atoms with van der Waals surface area (Å²) in [5.41, 5.74) is 1.17. The van der Waals surface area contributed by atoms with Gasteiger partial charge in [-0.3, -0.25) is 9.10 Å². The molecule has 1 aromatic carbocycles. The molecule has 0 radical (unpaired) electrons. The van der Waals surface area contributed by atoms with Crippen molar-refractivity contribution in [2.45, 2.75) is 45.1 Å². The second kappa shape index (κ2) is 6.75. The topological polar surface area (TPSA) is 57.7 Å². The van der Waals surface area contributed by atoms with E-state index in [2.05, 4.69) is 6.92 Å². The van der Waals surface area contributed by atoms with Crippen molar-refractivity contribution in [2.75, 3.05) is 23.7 Å². The lowest BCUT2D eigenvalue weighted by molar-refractivity contribution is 0.0629. The van der Waals surface area contributed by atoms with Crippen LogP contribution in [0.25, 0.3) is 0 Å². The monoisotopic (exact) mass is 350 g/mol. The number of hydrogen-bond acceptors (Lipinski definition) is 3. The van der Waals surface area contributed by atoms with Gasteiger partial charge in [-0.1, -0.05) is 25.8 Å². The largest absolute Gasteiger partial charge is 0.338 e. The molecule has 1 aliphatic carbocycles. The Morgan fingerprint density at radius 2 is 1.96 bits per heavy atom. The van der Waals surface area contributed by atoms with Crippen molar-refractivity contribution in [1.82, 2.24) is 4.90 Å². The summed E-state index contributed by atoms with van der Waals surface area (Å²) in [6.07, 6.45) is 5.25. The fourth-order valence-electron chi connectivity index (χ4n) is 3.95. The minimum atomic E-state index is -3.22. The van der Waals surface area contributed by atoms with Gasteiger partial charge < -0.3 is 4.90 Å². The smallest absolute Gasteiger partial charge is 0.253 e. The Labute approximate surface area is 144 Å². The zero-order valence-electron chi connectivity index (χ0n) is 14.4. The zero-order valence-corrected chi connectivity index (χ0v) is 15.3. The van der Waals surface area contributed by atoms with Crippen LogP contribution in [0.3, 0.4) is 0 Å². The SMILES string of the molecule is CC1CCCCC1N(C)C(=O)c1cccc(N2CCCS2(=O)=O)c1. The van der Waals surface area contributed by atoms with Crippen molar-refractivity contribution in [3.05, 3.63) is 29.8 Å². The van der Waals surface area contributed by atoms with Gasteiger partial charge in [0.1, 0.15) is 0 Å². The van der Waals surface area contributed by atoms with E-state index in [1.807, 2.05) is 11.9 Å². The van der Waals surface area contributed by atoms with Gasteiger partial charge in [0.15, 0.2) is 0 Å². The number of benzene rings is 1. The molecule has 2 unspecified atom stereocenters. The van der Waals surface area contributed by atoms with E-state index < -0.39 is 10.0 Å². The van der Waals surface area contributed by atoms with Crippen LogP contribution in [-0.2, 0) is 10.0 Å². The minimum Gasteiger partial charge on any atom is -0.338 e. The third kappa shape index (κ3) is 3.29. The first-order valence-corrected chi connectivity index (χ1v) is 10.4. The molecule has 132 valence electrons. The van der Waals surface area contributed by atoms with Gasteiger partial charge in [-0.05, 0) is 43.4 Å². The summed E-state index contributed by atoms with van der Waals surface area (Å²) >= 11 is 0. The highest BCUT2D eigenvalue weighted by Gasteiger charge is 2.31. The van der Waals surface area contributed by atoms with Gasteiger partial charge in [0, 0.05) is 25.2 Å². The Morgan fingerprint density at radius 1 is 1.21 bits per heavy atom. The number of hydrogen-bond donors (Lipinski definition) is 0. The molecule has 1 saturated heterocycles. The van der Waals surface area contributed by atoms with Gasteiger partial charge in [-0.15, -0.1) is 0 Å². The van der Waals surface area contributed by atoms with Crippen LogP contribution in [0.4, 0.5) is 5.69 Å². The maximum Gasteiger partial charge on any atom is 0.253 e. The molecular formula is C18H26N2O3S. The number of carbonyl (C=O) groups excluding carboxylic acids is 1. The van der Waals surface area contributed by atoms with Gasteiger partial charge in [-0.25, -0.2) is 8.42 Å². The molecule has 6 heteroatoms. The van der Waals surface area contributed by atoms with Gasteiger partial charge >= 0.3 is 0 Å². The Bertz CT molecular complexity index is 717. The maximum atomic E-state index is 12.9. The molecular weight excluding hydrogens is 324 g/mol. The minimum absolute atomic E-state index is 0.0211. The number of amides is 1. The summed E-state index contributed by atoms with van der Waals surface area (Å²) in [6.45, 7) is 2.70. The number of anilines is 1. The van der Waals surface area contributed by atoms with E-state index in [0.717, 1.165) is 12.8 Å². The Hall–Kier alpha value is -1.56. The summed E-state index contributed by atoms with van der Waals surface area (Å²) in [5.74, 6) is 0.673. The quantitative estimate of drug-likeness (QED) is 0.842. The van der Waals surface area contributed by atoms with Crippen molar-refractivity contribution < 1.29 is 13.2 Å². The fraction of sp³-hybridized carbons (Fsp3) is 0.611. The van der Waals surface area contributed by atoms with E-state index in [1.54, 1.807) is 24.3 Å². The van der Waals surface area contributed by atoms with Crippen molar-refractivity contribution in [2.24, 2.45) is 5.92 Å². The van der Waals surface area contributed by atoms with E-state index >= 15 is 0 Å². The van der Waals surface area contributed by atoms with Gasteiger partial charge in [0.05, 0.1) is 11.4 Å². The summed E-state index contributed by atoms with van der Waals surface area (Å²) in [6, 6.07) is 7.30. The van der Waals surface area contributed by atoms with Crippen molar-refractivity contribution >= 4 is 21.6 Å². The van der Waals surface area contributed by atoms with Crippen LogP contribution in [0.5, 0.6) is 0 Å². The van der Waals surface area contributed by atoms with Crippen molar-refractivity contribution in [3.63, 3.8) is 0 Å². The van der Waals surface area contributed by atoms with E-state index in [1.165, 1.54) is 17.1 Å². The summed E-state index contributed by atoms with van der Waals surface area (Å²) in [7, 11) is -1.35. The molecule has 2 fully saturated rings. The predicted molar refractivity (Wildman–Crippen MR) is 95.7 cm³/mol. The maximum absolute atomic E-state index is 12.9. The molecule has 0 N–H and O–H groups in total. The molecule has 0 aromatic heterocycles. The van der Waals surface area contributed by atoms with Crippen LogP contribution in [-0.4, -0.2) is 44.6 Å². The van der Waals surface area contributed by atoms with Crippen LogP contribution < -0.4 is 4.31 Å². The highest BCUT2D eigenvalue weighted by molar-refractivity contribution is 7.93. The highest BCUT2D eigenvalue weighted by atomic mass is 32.2. The van der Waals surface area contributed by atoms with Crippen molar-refractivity contribution in [1.29, 1.82) is 0 Å². The Kier molecular flexibility index (Phi) is 4.85. The molecule has 1 aromatic rings. The van der Waals surface area contributed by atoms with Crippen LogP contribution in [0.15, 0.2) is 24.3 Å². The lowest BCUT2D eigenvalue weighted by atomic mass is 9.85. The average Bonchev–Trinajstić information content (AvgIpc) is 2.93.